The van der Waals surface area contributed by atoms with Crippen LogP contribution in [0.25, 0.3) is 22.2 Å². The Morgan fingerprint density at radius 1 is 1.18 bits per heavy atom. The average Bonchev–Trinajstić information content (AvgIpc) is 3.46. The lowest BCUT2D eigenvalue weighted by Crippen LogP contribution is -2.14. The van der Waals surface area contributed by atoms with Crippen LogP contribution in [0.3, 0.4) is 0 Å². The Hall–Kier alpha value is -3.59. The molecule has 0 amide bonds. The first-order chi connectivity index (χ1) is 16.2. The molecule has 1 aliphatic rings. The standard InChI is InChI=1S/C25H28N6O2S/c1-6-7-17-13-18-8-10-29(3)22(18)14-19(17)20-15-30(4)25-24(20)21(12-16(2)26-25)28-34(32,33)23-9-11-31(5)27-23/h6,9,11-15H,1,7-8,10H2,2-5H3,(H,26,28). The number of hydrogen-bond donors (Lipinski definition) is 1. The fourth-order valence-electron chi connectivity index (χ4n) is 4.74. The molecule has 0 fully saturated rings. The van der Waals surface area contributed by atoms with Gasteiger partial charge in [-0.15, -0.1) is 6.58 Å². The number of hydrogen-bond acceptors (Lipinski definition) is 5. The predicted octanol–water partition coefficient (Wildman–Crippen LogP) is 3.80. The van der Waals surface area contributed by atoms with Crippen LogP contribution in [0, 0.1) is 6.92 Å². The van der Waals surface area contributed by atoms with Gasteiger partial charge in [0.2, 0.25) is 0 Å². The van der Waals surface area contributed by atoms with Gasteiger partial charge in [-0.1, -0.05) is 12.1 Å². The highest BCUT2D eigenvalue weighted by atomic mass is 32.2. The van der Waals surface area contributed by atoms with Crippen molar-refractivity contribution < 1.29 is 8.42 Å². The summed E-state index contributed by atoms with van der Waals surface area (Å²) in [5, 5.41) is 4.82. The van der Waals surface area contributed by atoms with Crippen molar-refractivity contribution in [1.29, 1.82) is 0 Å². The highest BCUT2D eigenvalue weighted by Crippen LogP contribution is 2.41. The molecular weight excluding hydrogens is 448 g/mol. The molecule has 5 rings (SSSR count). The molecular formula is C25H28N6O2S. The number of rotatable bonds is 6. The van der Waals surface area contributed by atoms with Gasteiger partial charge in [-0.25, -0.2) is 4.98 Å². The average molecular weight is 477 g/mol. The van der Waals surface area contributed by atoms with E-state index in [1.807, 2.05) is 30.8 Å². The van der Waals surface area contributed by atoms with E-state index < -0.39 is 10.0 Å². The molecule has 1 N–H and O–H groups in total. The molecule has 3 aromatic heterocycles. The number of aromatic nitrogens is 4. The maximum atomic E-state index is 13.2. The van der Waals surface area contributed by atoms with Crippen LogP contribution in [0.2, 0.25) is 0 Å². The lowest BCUT2D eigenvalue weighted by molar-refractivity contribution is 0.593. The normalized spacial score (nSPS) is 13.5. The minimum absolute atomic E-state index is 0.0263. The maximum Gasteiger partial charge on any atom is 0.281 e. The van der Waals surface area contributed by atoms with Crippen LogP contribution in [0.1, 0.15) is 16.8 Å². The molecule has 4 heterocycles. The largest absolute Gasteiger partial charge is 0.374 e. The van der Waals surface area contributed by atoms with Crippen molar-refractivity contribution in [3.8, 4) is 11.1 Å². The first-order valence-corrected chi connectivity index (χ1v) is 12.6. The van der Waals surface area contributed by atoms with E-state index in [9.17, 15) is 8.42 Å². The molecule has 0 aliphatic carbocycles. The maximum absolute atomic E-state index is 13.2. The van der Waals surface area contributed by atoms with Crippen LogP contribution in [0.5, 0.6) is 0 Å². The van der Waals surface area contributed by atoms with E-state index in [1.54, 1.807) is 19.3 Å². The van der Waals surface area contributed by atoms with Crippen molar-refractivity contribution in [2.75, 3.05) is 23.2 Å². The Morgan fingerprint density at radius 3 is 2.68 bits per heavy atom. The number of benzene rings is 1. The third-order valence-electron chi connectivity index (χ3n) is 6.35. The van der Waals surface area contributed by atoms with E-state index in [4.69, 9.17) is 4.98 Å². The van der Waals surface area contributed by atoms with Gasteiger partial charge in [0.15, 0.2) is 5.03 Å². The fourth-order valence-corrected chi connectivity index (χ4v) is 5.77. The van der Waals surface area contributed by atoms with Gasteiger partial charge in [-0.05, 0) is 54.7 Å². The number of sulfonamides is 1. The number of aryl methyl sites for hydroxylation is 3. The molecule has 0 saturated carbocycles. The summed E-state index contributed by atoms with van der Waals surface area (Å²) in [7, 11) is 1.85. The minimum Gasteiger partial charge on any atom is -0.374 e. The topological polar surface area (TPSA) is 85.0 Å². The summed E-state index contributed by atoms with van der Waals surface area (Å²) in [5.74, 6) is 0. The van der Waals surface area contributed by atoms with E-state index >= 15 is 0 Å². The van der Waals surface area contributed by atoms with Gasteiger partial charge in [-0.2, -0.15) is 13.5 Å². The SMILES string of the molecule is C=CCc1cc2c(cc1-c1cn(C)c3nc(C)cc(NS(=O)(=O)c4ccn(C)n4)c13)N(C)CC2. The number of anilines is 2. The molecule has 0 atom stereocenters. The second kappa shape index (κ2) is 8.02. The number of nitrogens with zero attached hydrogens (tertiary/aromatic N) is 5. The van der Waals surface area contributed by atoms with Crippen molar-refractivity contribution in [3.05, 3.63) is 66.1 Å². The van der Waals surface area contributed by atoms with Gasteiger partial charge >= 0.3 is 0 Å². The minimum atomic E-state index is -3.87. The van der Waals surface area contributed by atoms with Crippen molar-refractivity contribution in [2.24, 2.45) is 14.1 Å². The van der Waals surface area contributed by atoms with Crippen molar-refractivity contribution in [2.45, 2.75) is 24.8 Å². The monoisotopic (exact) mass is 476 g/mol. The van der Waals surface area contributed by atoms with Crippen LogP contribution in [0.15, 0.2) is 54.3 Å². The van der Waals surface area contributed by atoms with E-state index in [1.165, 1.54) is 22.0 Å². The Morgan fingerprint density at radius 2 is 1.97 bits per heavy atom. The molecule has 0 unspecified atom stereocenters. The smallest absolute Gasteiger partial charge is 0.281 e. The molecule has 1 aliphatic heterocycles. The molecule has 0 radical (unpaired) electrons. The van der Waals surface area contributed by atoms with Crippen molar-refractivity contribution in [1.82, 2.24) is 19.3 Å². The predicted molar refractivity (Wildman–Crippen MR) is 136 cm³/mol. The summed E-state index contributed by atoms with van der Waals surface area (Å²) >= 11 is 0. The molecule has 176 valence electrons. The van der Waals surface area contributed by atoms with Gasteiger partial charge in [0.05, 0.1) is 11.1 Å². The van der Waals surface area contributed by atoms with E-state index in [-0.39, 0.29) is 5.03 Å². The third kappa shape index (κ3) is 3.66. The Kier molecular flexibility index (Phi) is 5.24. The van der Waals surface area contributed by atoms with E-state index in [0.29, 0.717) is 11.3 Å². The van der Waals surface area contributed by atoms with Crippen molar-refractivity contribution in [3.63, 3.8) is 0 Å². The number of nitrogens with one attached hydrogen (secondary N) is 1. The van der Waals surface area contributed by atoms with Crippen molar-refractivity contribution >= 4 is 32.4 Å². The molecule has 4 aromatic rings. The summed E-state index contributed by atoms with van der Waals surface area (Å²) in [6, 6.07) is 7.73. The van der Waals surface area contributed by atoms with Crippen LogP contribution < -0.4 is 9.62 Å². The molecule has 9 heteroatoms. The molecule has 0 spiro atoms. The zero-order valence-corrected chi connectivity index (χ0v) is 20.6. The van der Waals surface area contributed by atoms with Crippen LogP contribution in [-0.2, 0) is 37.0 Å². The van der Waals surface area contributed by atoms with E-state index in [2.05, 4.69) is 40.5 Å². The number of likely N-dealkylation sites (N-methyl/N-ethyl adjacent to an activating group) is 1. The van der Waals surface area contributed by atoms with Gasteiger partial charge in [0.1, 0.15) is 5.65 Å². The molecule has 34 heavy (non-hydrogen) atoms. The lowest BCUT2D eigenvalue weighted by atomic mass is 9.94. The zero-order valence-electron chi connectivity index (χ0n) is 19.8. The first-order valence-electron chi connectivity index (χ1n) is 11.2. The Balaban J connectivity index is 1.74. The summed E-state index contributed by atoms with van der Waals surface area (Å²) in [6.45, 7) is 6.79. The number of allylic oxidation sites excluding steroid dienone is 1. The molecule has 0 bridgehead atoms. The van der Waals surface area contributed by atoms with Gasteiger partial charge < -0.3 is 9.47 Å². The third-order valence-corrected chi connectivity index (χ3v) is 7.61. The number of pyridine rings is 1. The first kappa shape index (κ1) is 22.2. The summed E-state index contributed by atoms with van der Waals surface area (Å²) in [6.07, 6.45) is 7.28. The lowest BCUT2D eigenvalue weighted by Gasteiger charge is -2.17. The second-order valence-electron chi connectivity index (χ2n) is 8.90. The molecule has 1 aromatic carbocycles. The highest BCUT2D eigenvalue weighted by Gasteiger charge is 2.25. The Bertz CT molecular complexity index is 1550. The second-order valence-corrected chi connectivity index (χ2v) is 10.5. The van der Waals surface area contributed by atoms with Gasteiger partial charge in [-0.3, -0.25) is 9.40 Å². The van der Waals surface area contributed by atoms with E-state index in [0.717, 1.165) is 47.2 Å². The summed E-state index contributed by atoms with van der Waals surface area (Å²) in [5.41, 5.74) is 7.61. The molecule has 8 nitrogen and oxygen atoms in total. The van der Waals surface area contributed by atoms with Crippen LogP contribution >= 0.6 is 0 Å². The van der Waals surface area contributed by atoms with Gasteiger partial charge in [0, 0.05) is 57.0 Å². The fraction of sp³-hybridized carbons (Fsp3) is 0.280. The molecule has 0 saturated heterocycles. The van der Waals surface area contributed by atoms with Crippen LogP contribution in [-0.4, -0.2) is 41.3 Å². The van der Waals surface area contributed by atoms with Crippen LogP contribution in [0.4, 0.5) is 11.4 Å². The van der Waals surface area contributed by atoms with Gasteiger partial charge in [0.25, 0.3) is 10.0 Å². The zero-order chi connectivity index (χ0) is 24.2. The summed E-state index contributed by atoms with van der Waals surface area (Å²) in [4.78, 5) is 6.99. The summed E-state index contributed by atoms with van der Waals surface area (Å²) < 4.78 is 32.5. The Labute approximate surface area is 199 Å². The number of fused-ring (bicyclic) bond motifs is 2. The quantitative estimate of drug-likeness (QED) is 0.428. The highest BCUT2D eigenvalue weighted by molar-refractivity contribution is 7.92.